The SMILES string of the molecule is CC1NN=C(C(F)(F)F)C1C. The molecule has 0 aromatic rings. The number of hydrazone groups is 1. The molecule has 11 heavy (non-hydrogen) atoms. The standard InChI is InChI=1S/C6H9F3N2/c1-3-4(2)10-11-5(3)6(7,8)9/h3-4,10H,1-2H3. The number of nitrogens with one attached hydrogen (secondary N) is 1. The Kier molecular flexibility index (Phi) is 1.82. The van der Waals surface area contributed by atoms with Gasteiger partial charge in [-0.05, 0) is 6.92 Å². The molecule has 1 N–H and O–H groups in total. The van der Waals surface area contributed by atoms with Crippen molar-refractivity contribution in [2.24, 2.45) is 11.0 Å². The van der Waals surface area contributed by atoms with Crippen LogP contribution in [0.2, 0.25) is 0 Å². The minimum Gasteiger partial charge on any atom is -0.306 e. The third-order valence-corrected chi connectivity index (χ3v) is 1.86. The molecule has 1 aliphatic rings. The van der Waals surface area contributed by atoms with E-state index >= 15 is 0 Å². The summed E-state index contributed by atoms with van der Waals surface area (Å²) in [6, 6.07) is -0.216. The first-order valence-electron chi connectivity index (χ1n) is 3.33. The maximum absolute atomic E-state index is 12.0. The summed E-state index contributed by atoms with van der Waals surface area (Å²) in [4.78, 5) is 0. The van der Waals surface area contributed by atoms with Crippen molar-refractivity contribution in [2.45, 2.75) is 26.1 Å². The van der Waals surface area contributed by atoms with Crippen LogP contribution in [0.4, 0.5) is 13.2 Å². The topological polar surface area (TPSA) is 24.4 Å². The molecule has 0 aliphatic carbocycles. The number of rotatable bonds is 0. The summed E-state index contributed by atoms with van der Waals surface area (Å²) < 4.78 is 36.0. The number of halogens is 3. The molecule has 5 heteroatoms. The molecule has 0 aromatic heterocycles. The van der Waals surface area contributed by atoms with Gasteiger partial charge in [-0.15, -0.1) is 0 Å². The first-order valence-corrected chi connectivity index (χ1v) is 3.33. The lowest BCUT2D eigenvalue weighted by Crippen LogP contribution is -2.31. The van der Waals surface area contributed by atoms with E-state index in [2.05, 4.69) is 10.5 Å². The number of hydrogen-bond donors (Lipinski definition) is 1. The molecule has 0 bridgehead atoms. The second-order valence-corrected chi connectivity index (χ2v) is 2.70. The number of hydrogen-bond acceptors (Lipinski definition) is 2. The predicted octanol–water partition coefficient (Wildman–Crippen LogP) is 1.53. The third kappa shape index (κ3) is 1.46. The second kappa shape index (κ2) is 2.39. The van der Waals surface area contributed by atoms with Crippen molar-refractivity contribution in [3.05, 3.63) is 0 Å². The monoisotopic (exact) mass is 166 g/mol. The molecule has 2 atom stereocenters. The molecule has 0 saturated heterocycles. The zero-order valence-electron chi connectivity index (χ0n) is 6.24. The quantitative estimate of drug-likeness (QED) is 0.579. The van der Waals surface area contributed by atoms with E-state index in [9.17, 15) is 13.2 Å². The van der Waals surface area contributed by atoms with Gasteiger partial charge in [-0.25, -0.2) is 0 Å². The molecule has 0 amide bonds. The van der Waals surface area contributed by atoms with Crippen molar-refractivity contribution in [3.8, 4) is 0 Å². The highest BCUT2D eigenvalue weighted by Crippen LogP contribution is 2.26. The fraction of sp³-hybridized carbons (Fsp3) is 0.833. The van der Waals surface area contributed by atoms with Crippen LogP contribution in [0.3, 0.4) is 0 Å². The molecule has 0 aromatic carbocycles. The Morgan fingerprint density at radius 1 is 1.36 bits per heavy atom. The maximum atomic E-state index is 12.0. The zero-order valence-corrected chi connectivity index (χ0v) is 6.24. The van der Waals surface area contributed by atoms with E-state index in [4.69, 9.17) is 0 Å². The van der Waals surface area contributed by atoms with Gasteiger partial charge in [0.05, 0.1) is 0 Å². The van der Waals surface area contributed by atoms with Crippen molar-refractivity contribution in [2.75, 3.05) is 0 Å². The highest BCUT2D eigenvalue weighted by molar-refractivity contribution is 5.93. The lowest BCUT2D eigenvalue weighted by atomic mass is 10.00. The maximum Gasteiger partial charge on any atom is 0.431 e. The van der Waals surface area contributed by atoms with Crippen LogP contribution in [0.1, 0.15) is 13.8 Å². The summed E-state index contributed by atoms with van der Waals surface area (Å²) in [7, 11) is 0. The van der Waals surface area contributed by atoms with Gasteiger partial charge in [0.15, 0.2) is 0 Å². The smallest absolute Gasteiger partial charge is 0.306 e. The lowest BCUT2D eigenvalue weighted by Gasteiger charge is -2.12. The van der Waals surface area contributed by atoms with Crippen LogP contribution in [0.15, 0.2) is 5.10 Å². The summed E-state index contributed by atoms with van der Waals surface area (Å²) in [5, 5.41) is 3.21. The van der Waals surface area contributed by atoms with Crippen molar-refractivity contribution < 1.29 is 13.2 Å². The first kappa shape index (κ1) is 8.36. The Balaban J connectivity index is 2.76. The minimum atomic E-state index is -4.28. The van der Waals surface area contributed by atoms with Crippen LogP contribution < -0.4 is 5.43 Å². The van der Waals surface area contributed by atoms with E-state index in [0.29, 0.717) is 0 Å². The molecule has 1 aliphatic heterocycles. The molecule has 0 fully saturated rings. The minimum absolute atomic E-state index is 0.216. The molecule has 1 heterocycles. The average molecular weight is 166 g/mol. The average Bonchev–Trinajstić information content (AvgIpc) is 2.11. The molecule has 2 unspecified atom stereocenters. The largest absolute Gasteiger partial charge is 0.431 e. The normalized spacial score (nSPS) is 31.5. The van der Waals surface area contributed by atoms with E-state index in [0.717, 1.165) is 0 Å². The van der Waals surface area contributed by atoms with E-state index in [1.807, 2.05) is 0 Å². The fourth-order valence-electron chi connectivity index (χ4n) is 0.943. The van der Waals surface area contributed by atoms with Crippen LogP contribution >= 0.6 is 0 Å². The van der Waals surface area contributed by atoms with E-state index < -0.39 is 17.8 Å². The molecule has 64 valence electrons. The van der Waals surface area contributed by atoms with Crippen LogP contribution in [-0.2, 0) is 0 Å². The van der Waals surface area contributed by atoms with Crippen LogP contribution in [0.5, 0.6) is 0 Å². The first-order chi connectivity index (χ1) is 4.93. The van der Waals surface area contributed by atoms with Gasteiger partial charge in [-0.3, -0.25) is 0 Å². The van der Waals surface area contributed by atoms with Gasteiger partial charge >= 0.3 is 6.18 Å². The van der Waals surface area contributed by atoms with E-state index in [1.54, 1.807) is 6.92 Å². The van der Waals surface area contributed by atoms with Gasteiger partial charge in [0.2, 0.25) is 0 Å². The Morgan fingerprint density at radius 2 is 1.91 bits per heavy atom. The zero-order chi connectivity index (χ0) is 8.65. The molecular formula is C6H9F3N2. The molecule has 0 saturated carbocycles. The van der Waals surface area contributed by atoms with Gasteiger partial charge < -0.3 is 5.43 Å². The number of nitrogens with zero attached hydrogens (tertiary/aromatic N) is 1. The van der Waals surface area contributed by atoms with Crippen LogP contribution in [-0.4, -0.2) is 17.9 Å². The summed E-state index contributed by atoms with van der Waals surface area (Å²) in [5.41, 5.74) is 1.69. The van der Waals surface area contributed by atoms with E-state index in [-0.39, 0.29) is 6.04 Å². The number of alkyl halides is 3. The van der Waals surface area contributed by atoms with Gasteiger partial charge in [0.1, 0.15) is 5.71 Å². The van der Waals surface area contributed by atoms with Gasteiger partial charge in [-0.2, -0.15) is 18.3 Å². The molecule has 2 nitrogen and oxygen atoms in total. The predicted molar refractivity (Wildman–Crippen MR) is 35.3 cm³/mol. The van der Waals surface area contributed by atoms with Crippen molar-refractivity contribution in [3.63, 3.8) is 0 Å². The summed E-state index contributed by atoms with van der Waals surface area (Å²) in [6.45, 7) is 3.18. The second-order valence-electron chi connectivity index (χ2n) is 2.70. The Morgan fingerprint density at radius 3 is 2.09 bits per heavy atom. The lowest BCUT2D eigenvalue weighted by molar-refractivity contribution is -0.0619. The van der Waals surface area contributed by atoms with Crippen LogP contribution in [0.25, 0.3) is 0 Å². The van der Waals surface area contributed by atoms with E-state index in [1.165, 1.54) is 6.92 Å². The summed E-state index contributed by atoms with van der Waals surface area (Å²) >= 11 is 0. The van der Waals surface area contributed by atoms with Crippen molar-refractivity contribution in [1.82, 2.24) is 5.43 Å². The van der Waals surface area contributed by atoms with Crippen molar-refractivity contribution in [1.29, 1.82) is 0 Å². The molecule has 0 spiro atoms. The highest BCUT2D eigenvalue weighted by Gasteiger charge is 2.43. The molecular weight excluding hydrogens is 157 g/mol. The Bertz CT molecular complexity index is 185. The van der Waals surface area contributed by atoms with Crippen LogP contribution in [0, 0.1) is 5.92 Å². The molecule has 1 rings (SSSR count). The summed E-state index contributed by atoms with van der Waals surface area (Å²) in [6.07, 6.45) is -4.28. The highest BCUT2D eigenvalue weighted by atomic mass is 19.4. The Hall–Kier alpha value is -0.740. The Labute approximate surface area is 62.5 Å². The third-order valence-electron chi connectivity index (χ3n) is 1.86. The fourth-order valence-corrected chi connectivity index (χ4v) is 0.943. The molecule has 0 radical (unpaired) electrons. The summed E-state index contributed by atoms with van der Waals surface area (Å²) in [5.74, 6) is -0.546. The van der Waals surface area contributed by atoms with Gasteiger partial charge in [-0.1, -0.05) is 6.92 Å². The van der Waals surface area contributed by atoms with Crippen molar-refractivity contribution >= 4 is 5.71 Å². The van der Waals surface area contributed by atoms with Gasteiger partial charge in [0, 0.05) is 12.0 Å². The van der Waals surface area contributed by atoms with Gasteiger partial charge in [0.25, 0.3) is 0 Å².